The molecule has 1 aromatic rings. The Hall–Kier alpha value is -1.51. The molecule has 0 bridgehead atoms. The molecule has 18 heavy (non-hydrogen) atoms. The molecule has 3 nitrogen and oxygen atoms in total. The Bertz CT molecular complexity index is 409. The summed E-state index contributed by atoms with van der Waals surface area (Å²) in [7, 11) is 3.30. The number of nitrogens with zero attached hydrogens (tertiary/aromatic N) is 1. The van der Waals surface area contributed by atoms with Gasteiger partial charge >= 0.3 is 0 Å². The second-order valence-corrected chi connectivity index (χ2v) is 4.68. The maximum absolute atomic E-state index is 5.28. The van der Waals surface area contributed by atoms with Gasteiger partial charge in [0.05, 0.1) is 14.2 Å². The van der Waals surface area contributed by atoms with Crippen LogP contribution in [0.4, 0.5) is 0 Å². The third-order valence-corrected chi connectivity index (χ3v) is 3.42. The molecule has 3 heteroatoms. The highest BCUT2D eigenvalue weighted by Gasteiger charge is 2.11. The number of aliphatic imine (C=N–C) groups is 1. The SMILES string of the molecule is COc1ccc(/C=N/C2CCCCC2)cc1OC. The Labute approximate surface area is 109 Å². The molecule has 1 aromatic carbocycles. The molecule has 98 valence electrons. The topological polar surface area (TPSA) is 30.8 Å². The lowest BCUT2D eigenvalue weighted by Gasteiger charge is -2.17. The van der Waals surface area contributed by atoms with Gasteiger partial charge in [0.25, 0.3) is 0 Å². The van der Waals surface area contributed by atoms with Crippen LogP contribution in [-0.2, 0) is 0 Å². The molecule has 1 fully saturated rings. The number of hydrogen-bond acceptors (Lipinski definition) is 3. The third-order valence-electron chi connectivity index (χ3n) is 3.42. The molecule has 0 spiro atoms. The van der Waals surface area contributed by atoms with E-state index in [4.69, 9.17) is 9.47 Å². The van der Waals surface area contributed by atoms with Gasteiger partial charge in [-0.15, -0.1) is 0 Å². The highest BCUT2D eigenvalue weighted by atomic mass is 16.5. The fourth-order valence-electron chi connectivity index (χ4n) is 2.35. The van der Waals surface area contributed by atoms with Crippen LogP contribution in [0, 0.1) is 0 Å². The van der Waals surface area contributed by atoms with Gasteiger partial charge in [-0.3, -0.25) is 4.99 Å². The molecule has 0 N–H and O–H groups in total. The van der Waals surface area contributed by atoms with E-state index >= 15 is 0 Å². The fourth-order valence-corrected chi connectivity index (χ4v) is 2.35. The summed E-state index contributed by atoms with van der Waals surface area (Å²) in [6, 6.07) is 6.40. The molecule has 0 atom stereocenters. The van der Waals surface area contributed by atoms with E-state index in [1.165, 1.54) is 32.1 Å². The van der Waals surface area contributed by atoms with Crippen molar-refractivity contribution in [2.75, 3.05) is 14.2 Å². The molecule has 0 unspecified atom stereocenters. The van der Waals surface area contributed by atoms with Gasteiger partial charge in [-0.2, -0.15) is 0 Å². The monoisotopic (exact) mass is 247 g/mol. The number of hydrogen-bond donors (Lipinski definition) is 0. The minimum Gasteiger partial charge on any atom is -0.493 e. The second kappa shape index (κ2) is 6.43. The van der Waals surface area contributed by atoms with Crippen molar-refractivity contribution >= 4 is 6.21 Å². The first-order valence-corrected chi connectivity index (χ1v) is 6.58. The maximum atomic E-state index is 5.28. The van der Waals surface area contributed by atoms with Crippen LogP contribution in [0.5, 0.6) is 11.5 Å². The fraction of sp³-hybridized carbons (Fsp3) is 0.533. The first-order valence-electron chi connectivity index (χ1n) is 6.58. The summed E-state index contributed by atoms with van der Waals surface area (Å²) >= 11 is 0. The summed E-state index contributed by atoms with van der Waals surface area (Å²) in [4.78, 5) is 4.66. The van der Waals surface area contributed by atoms with E-state index in [0.29, 0.717) is 6.04 Å². The normalized spacial score (nSPS) is 17.0. The molecule has 1 aliphatic carbocycles. The maximum Gasteiger partial charge on any atom is 0.161 e. The molecule has 0 aromatic heterocycles. The average molecular weight is 247 g/mol. The van der Waals surface area contributed by atoms with Crippen molar-refractivity contribution in [1.29, 1.82) is 0 Å². The van der Waals surface area contributed by atoms with Gasteiger partial charge in [0, 0.05) is 12.3 Å². The lowest BCUT2D eigenvalue weighted by molar-refractivity contribution is 0.355. The summed E-state index contributed by atoms with van der Waals surface area (Å²) in [5.41, 5.74) is 1.07. The average Bonchev–Trinajstić information content (AvgIpc) is 2.45. The summed E-state index contributed by atoms with van der Waals surface area (Å²) < 4.78 is 10.5. The standard InChI is InChI=1S/C15H21NO2/c1-17-14-9-8-12(10-15(14)18-2)11-16-13-6-4-3-5-7-13/h8-11,13H,3-7H2,1-2H3/b16-11+. The number of rotatable bonds is 4. The lowest BCUT2D eigenvalue weighted by Crippen LogP contribution is -2.09. The predicted molar refractivity (Wildman–Crippen MR) is 74.0 cm³/mol. The van der Waals surface area contributed by atoms with Crippen molar-refractivity contribution in [3.8, 4) is 11.5 Å². The van der Waals surface area contributed by atoms with Crippen molar-refractivity contribution in [3.05, 3.63) is 23.8 Å². The molecule has 2 rings (SSSR count). The van der Waals surface area contributed by atoms with Gasteiger partial charge in [0.2, 0.25) is 0 Å². The zero-order valence-electron chi connectivity index (χ0n) is 11.2. The summed E-state index contributed by atoms with van der Waals surface area (Å²) in [6.07, 6.45) is 8.40. The Morgan fingerprint density at radius 2 is 1.78 bits per heavy atom. The van der Waals surface area contributed by atoms with E-state index in [1.54, 1.807) is 14.2 Å². The second-order valence-electron chi connectivity index (χ2n) is 4.68. The quantitative estimate of drug-likeness (QED) is 0.763. The molecular weight excluding hydrogens is 226 g/mol. The third kappa shape index (κ3) is 3.25. The van der Waals surface area contributed by atoms with E-state index in [0.717, 1.165) is 17.1 Å². The van der Waals surface area contributed by atoms with E-state index < -0.39 is 0 Å². The summed E-state index contributed by atoms with van der Waals surface area (Å²) in [5.74, 6) is 1.51. The van der Waals surface area contributed by atoms with Crippen LogP contribution in [0.1, 0.15) is 37.7 Å². The van der Waals surface area contributed by atoms with Crippen LogP contribution in [0.3, 0.4) is 0 Å². The van der Waals surface area contributed by atoms with E-state index in [-0.39, 0.29) is 0 Å². The van der Waals surface area contributed by atoms with Crippen LogP contribution in [0.15, 0.2) is 23.2 Å². The first kappa shape index (κ1) is 12.9. The van der Waals surface area contributed by atoms with Crippen LogP contribution >= 0.6 is 0 Å². The van der Waals surface area contributed by atoms with Crippen molar-refractivity contribution in [2.24, 2.45) is 4.99 Å². The zero-order chi connectivity index (χ0) is 12.8. The molecule has 0 heterocycles. The zero-order valence-corrected chi connectivity index (χ0v) is 11.2. The van der Waals surface area contributed by atoms with Gasteiger partial charge in [-0.05, 0) is 36.6 Å². The first-order chi connectivity index (χ1) is 8.83. The van der Waals surface area contributed by atoms with Crippen LogP contribution < -0.4 is 9.47 Å². The molecule has 0 radical (unpaired) electrons. The smallest absolute Gasteiger partial charge is 0.161 e. The van der Waals surface area contributed by atoms with Crippen molar-refractivity contribution in [3.63, 3.8) is 0 Å². The highest BCUT2D eigenvalue weighted by molar-refractivity contribution is 5.81. The number of ether oxygens (including phenoxy) is 2. The van der Waals surface area contributed by atoms with E-state index in [2.05, 4.69) is 4.99 Å². The Balaban J connectivity index is 2.06. The highest BCUT2D eigenvalue weighted by Crippen LogP contribution is 2.27. The Morgan fingerprint density at radius 3 is 2.44 bits per heavy atom. The molecule has 1 saturated carbocycles. The summed E-state index contributed by atoms with van der Waals surface area (Å²) in [5, 5.41) is 0. The molecule has 0 aliphatic heterocycles. The lowest BCUT2D eigenvalue weighted by atomic mass is 9.96. The Morgan fingerprint density at radius 1 is 1.06 bits per heavy atom. The van der Waals surface area contributed by atoms with Gasteiger partial charge in [-0.25, -0.2) is 0 Å². The molecule has 0 amide bonds. The van der Waals surface area contributed by atoms with Gasteiger partial charge in [-0.1, -0.05) is 19.3 Å². The van der Waals surface area contributed by atoms with E-state index in [1.807, 2.05) is 24.4 Å². The predicted octanol–water partition coefficient (Wildman–Crippen LogP) is 3.46. The Kier molecular flexibility index (Phi) is 4.62. The molecule has 1 aliphatic rings. The van der Waals surface area contributed by atoms with Crippen LogP contribution in [0.2, 0.25) is 0 Å². The molecular formula is C15H21NO2. The van der Waals surface area contributed by atoms with Gasteiger partial charge in [0.1, 0.15) is 0 Å². The number of methoxy groups -OCH3 is 2. The summed E-state index contributed by atoms with van der Waals surface area (Å²) in [6.45, 7) is 0. The van der Waals surface area contributed by atoms with E-state index in [9.17, 15) is 0 Å². The van der Waals surface area contributed by atoms with Gasteiger partial charge < -0.3 is 9.47 Å². The molecule has 0 saturated heterocycles. The minimum atomic E-state index is 0.506. The minimum absolute atomic E-state index is 0.506. The van der Waals surface area contributed by atoms with Crippen LogP contribution in [0.25, 0.3) is 0 Å². The van der Waals surface area contributed by atoms with Gasteiger partial charge in [0.15, 0.2) is 11.5 Å². The van der Waals surface area contributed by atoms with Crippen molar-refractivity contribution in [1.82, 2.24) is 0 Å². The van der Waals surface area contributed by atoms with Crippen molar-refractivity contribution in [2.45, 2.75) is 38.1 Å². The van der Waals surface area contributed by atoms with Crippen molar-refractivity contribution < 1.29 is 9.47 Å². The van der Waals surface area contributed by atoms with Crippen LogP contribution in [-0.4, -0.2) is 26.5 Å². The largest absolute Gasteiger partial charge is 0.493 e. The number of benzene rings is 1.